The van der Waals surface area contributed by atoms with Crippen LogP contribution < -0.4 is 18.2 Å². The zero-order valence-corrected chi connectivity index (χ0v) is 5.87. The quantitative estimate of drug-likeness (QED) is 0.225. The summed E-state index contributed by atoms with van der Waals surface area (Å²) in [6, 6.07) is 0. The summed E-state index contributed by atoms with van der Waals surface area (Å²) in [6.07, 6.45) is 0. The van der Waals surface area contributed by atoms with E-state index in [0.29, 0.717) is 4.59 Å². The van der Waals surface area contributed by atoms with Gasteiger partial charge in [-0.2, -0.15) is 5.84 Å². The molecule has 0 atom stereocenters. The predicted octanol–water partition coefficient (Wildman–Crippen LogP) is -3.04. The Labute approximate surface area is 51.3 Å². The van der Waals surface area contributed by atoms with Gasteiger partial charge in [-0.3, -0.25) is 4.59 Å². The molecule has 0 aromatic heterocycles. The van der Waals surface area contributed by atoms with Gasteiger partial charge in [0.1, 0.15) is 0 Å². The molecule has 0 unspecified atom stereocenters. The van der Waals surface area contributed by atoms with Crippen molar-refractivity contribution in [2.75, 3.05) is 20.6 Å². The lowest BCUT2D eigenvalue weighted by atomic mass is 10.6. The smallest absolute Gasteiger partial charge is 0.0927 e. The lowest BCUT2D eigenvalue weighted by Crippen LogP contribution is -3.00. The predicted molar refractivity (Wildman–Crippen MR) is 26.8 cm³/mol. The molecule has 7 heavy (non-hydrogen) atoms. The summed E-state index contributed by atoms with van der Waals surface area (Å²) in [6.45, 7) is 3.04. The molecule has 0 amide bonds. The number of hydrogen-bond donors (Lipinski definition) is 1. The molecule has 0 bridgehead atoms. The Kier molecular flexibility index (Phi) is 4.75. The van der Waals surface area contributed by atoms with Crippen molar-refractivity contribution >= 4 is 0 Å². The molecule has 3 heteroatoms. The third kappa shape index (κ3) is 10.7. The third-order valence-corrected chi connectivity index (χ3v) is 0.815. The average molecular weight is 125 g/mol. The molecule has 0 radical (unpaired) electrons. The minimum Gasteiger partial charge on any atom is -1.00 e. The van der Waals surface area contributed by atoms with Crippen molar-refractivity contribution in [2.45, 2.75) is 6.92 Å². The van der Waals surface area contributed by atoms with E-state index in [1.165, 1.54) is 0 Å². The van der Waals surface area contributed by atoms with Crippen molar-refractivity contribution in [1.29, 1.82) is 0 Å². The topological polar surface area (TPSA) is 26.0 Å². The molecule has 0 aromatic carbocycles. The van der Waals surface area contributed by atoms with Gasteiger partial charge in [-0.1, -0.05) is 0 Å². The van der Waals surface area contributed by atoms with Crippen LogP contribution in [0.1, 0.15) is 6.92 Å². The summed E-state index contributed by atoms with van der Waals surface area (Å²) in [4.78, 5) is 0. The highest BCUT2D eigenvalue weighted by molar-refractivity contribution is 4.03. The molecular formula is C4H13ClN2. The van der Waals surface area contributed by atoms with Crippen LogP contribution in [0.3, 0.4) is 0 Å². The molecule has 0 aromatic rings. The maximum absolute atomic E-state index is 5.47. The van der Waals surface area contributed by atoms with Gasteiger partial charge in [-0.05, 0) is 6.92 Å². The summed E-state index contributed by atoms with van der Waals surface area (Å²) in [5.41, 5.74) is 0. The molecule has 2 nitrogen and oxygen atoms in total. The second-order valence-electron chi connectivity index (χ2n) is 2.09. The number of halogens is 1. The Balaban J connectivity index is 0. The summed E-state index contributed by atoms with van der Waals surface area (Å²) in [5, 5.41) is 0. The first-order chi connectivity index (χ1) is 2.56. The van der Waals surface area contributed by atoms with Crippen LogP contribution in [0.4, 0.5) is 0 Å². The van der Waals surface area contributed by atoms with Gasteiger partial charge in [0, 0.05) is 0 Å². The first-order valence-corrected chi connectivity index (χ1v) is 2.18. The normalized spacial score (nSPS) is 10.3. The molecule has 0 saturated carbocycles. The van der Waals surface area contributed by atoms with Crippen LogP contribution >= 0.6 is 0 Å². The van der Waals surface area contributed by atoms with E-state index in [0.717, 1.165) is 6.54 Å². The van der Waals surface area contributed by atoms with Gasteiger partial charge in [0.05, 0.1) is 20.6 Å². The largest absolute Gasteiger partial charge is 1.00 e. The van der Waals surface area contributed by atoms with Gasteiger partial charge in [0.15, 0.2) is 0 Å². The zero-order valence-electron chi connectivity index (χ0n) is 5.11. The molecule has 0 rings (SSSR count). The highest BCUT2D eigenvalue weighted by atomic mass is 35.5. The molecule has 0 aliphatic carbocycles. The second kappa shape index (κ2) is 3.24. The van der Waals surface area contributed by atoms with Crippen molar-refractivity contribution in [3.8, 4) is 0 Å². The highest BCUT2D eigenvalue weighted by Crippen LogP contribution is 1.77. The Hall–Kier alpha value is 0.210. The van der Waals surface area contributed by atoms with Gasteiger partial charge in [-0.25, -0.2) is 0 Å². The van der Waals surface area contributed by atoms with E-state index in [4.69, 9.17) is 5.84 Å². The van der Waals surface area contributed by atoms with Gasteiger partial charge >= 0.3 is 0 Å². The Bertz CT molecular complexity index is 39.4. The van der Waals surface area contributed by atoms with E-state index in [-0.39, 0.29) is 12.4 Å². The summed E-state index contributed by atoms with van der Waals surface area (Å²) >= 11 is 0. The number of hydrogen-bond acceptors (Lipinski definition) is 1. The fourth-order valence-electron chi connectivity index (χ4n) is 0. The fourth-order valence-corrected chi connectivity index (χ4v) is 0. The minimum atomic E-state index is 0. The van der Waals surface area contributed by atoms with Crippen molar-refractivity contribution in [3.05, 3.63) is 0 Å². The van der Waals surface area contributed by atoms with E-state index in [1.54, 1.807) is 0 Å². The van der Waals surface area contributed by atoms with Crippen LogP contribution in [-0.2, 0) is 0 Å². The molecule has 0 aliphatic heterocycles. The summed E-state index contributed by atoms with van der Waals surface area (Å²) in [7, 11) is 3.92. The Morgan fingerprint density at radius 2 is 1.57 bits per heavy atom. The highest BCUT2D eigenvalue weighted by Gasteiger charge is 1.99. The van der Waals surface area contributed by atoms with E-state index in [1.807, 2.05) is 14.1 Å². The Morgan fingerprint density at radius 1 is 1.43 bits per heavy atom. The van der Waals surface area contributed by atoms with Crippen LogP contribution in [0.5, 0.6) is 0 Å². The van der Waals surface area contributed by atoms with Crippen LogP contribution in [-0.4, -0.2) is 25.2 Å². The summed E-state index contributed by atoms with van der Waals surface area (Å²) in [5.74, 6) is 5.47. The fraction of sp³-hybridized carbons (Fsp3) is 1.00. The van der Waals surface area contributed by atoms with E-state index in [9.17, 15) is 0 Å². The van der Waals surface area contributed by atoms with Gasteiger partial charge in [0.25, 0.3) is 0 Å². The van der Waals surface area contributed by atoms with Crippen molar-refractivity contribution in [3.63, 3.8) is 0 Å². The van der Waals surface area contributed by atoms with Crippen LogP contribution in [0.15, 0.2) is 0 Å². The number of nitrogens with two attached hydrogens (primary N) is 1. The number of rotatable bonds is 1. The van der Waals surface area contributed by atoms with Gasteiger partial charge < -0.3 is 12.4 Å². The van der Waals surface area contributed by atoms with Gasteiger partial charge in [-0.15, -0.1) is 0 Å². The summed E-state index contributed by atoms with van der Waals surface area (Å²) < 4.78 is 0.569. The molecule has 2 N–H and O–H groups in total. The van der Waals surface area contributed by atoms with Crippen molar-refractivity contribution in [2.24, 2.45) is 5.84 Å². The molecule has 0 aliphatic rings. The first kappa shape index (κ1) is 10.2. The van der Waals surface area contributed by atoms with Crippen LogP contribution in [0.2, 0.25) is 0 Å². The van der Waals surface area contributed by atoms with Crippen molar-refractivity contribution < 1.29 is 17.0 Å². The monoisotopic (exact) mass is 124 g/mol. The average Bonchev–Trinajstić information content (AvgIpc) is 1.35. The molecular weight excluding hydrogens is 112 g/mol. The van der Waals surface area contributed by atoms with E-state index in [2.05, 4.69) is 6.92 Å². The molecule has 0 saturated heterocycles. The second-order valence-corrected chi connectivity index (χ2v) is 2.09. The lowest BCUT2D eigenvalue weighted by Gasteiger charge is -2.18. The molecule has 0 fully saturated rings. The maximum atomic E-state index is 5.47. The number of quaternary nitrogens is 1. The lowest BCUT2D eigenvalue weighted by molar-refractivity contribution is -0.900. The van der Waals surface area contributed by atoms with E-state index >= 15 is 0 Å². The Morgan fingerprint density at radius 3 is 1.57 bits per heavy atom. The molecule has 0 heterocycles. The number of nitrogens with zero attached hydrogens (tertiary/aromatic N) is 1. The third-order valence-electron chi connectivity index (χ3n) is 0.815. The van der Waals surface area contributed by atoms with Crippen LogP contribution in [0, 0.1) is 0 Å². The SMILES string of the molecule is CC[N+](C)(C)N.[Cl-]. The van der Waals surface area contributed by atoms with E-state index < -0.39 is 0 Å². The van der Waals surface area contributed by atoms with Gasteiger partial charge in [0.2, 0.25) is 0 Å². The first-order valence-electron chi connectivity index (χ1n) is 2.18. The minimum absolute atomic E-state index is 0. The molecule has 0 spiro atoms. The maximum Gasteiger partial charge on any atom is 0.0927 e. The van der Waals surface area contributed by atoms with Crippen LogP contribution in [0.25, 0.3) is 0 Å². The standard InChI is InChI=1S/C4H13N2.ClH/c1-4-6(2,3)5;/h4-5H2,1-3H3;1H/q+1;/p-1. The zero-order chi connectivity index (χ0) is 5.21. The van der Waals surface area contributed by atoms with Crippen molar-refractivity contribution in [1.82, 2.24) is 0 Å². The molecule has 46 valence electrons.